The molecule has 0 aromatic carbocycles. The maximum atomic E-state index is 5.00. The Labute approximate surface area is 172 Å². The molecule has 2 aromatic rings. The van der Waals surface area contributed by atoms with Gasteiger partial charge in [0.15, 0.2) is 0 Å². The summed E-state index contributed by atoms with van der Waals surface area (Å²) in [6, 6.07) is 0. The first-order chi connectivity index (χ1) is 13.9. The monoisotopic (exact) mass is 391 g/mol. The van der Waals surface area contributed by atoms with Crippen molar-refractivity contribution in [3.8, 4) is 0 Å². The maximum absolute atomic E-state index is 5.00. The van der Waals surface area contributed by atoms with E-state index in [0.29, 0.717) is 0 Å². The van der Waals surface area contributed by atoms with Crippen LogP contribution in [-0.2, 0) is 10.8 Å². The second kappa shape index (κ2) is 6.87. The van der Waals surface area contributed by atoms with E-state index in [4.69, 9.17) is 9.97 Å². The SMILES string of the molecule is CCC1(c2nc3nc(N(C)C)[n+](N(C)C)c(C4(CC)C=CC=C4)c3[nH]2)C=CC=C1. The molecule has 29 heavy (non-hydrogen) atoms. The summed E-state index contributed by atoms with van der Waals surface area (Å²) in [5.41, 5.74) is 2.53. The van der Waals surface area contributed by atoms with Crippen LogP contribution in [0.3, 0.4) is 0 Å². The molecule has 0 aliphatic heterocycles. The number of hydrogen-bond acceptors (Lipinski definition) is 4. The van der Waals surface area contributed by atoms with Gasteiger partial charge in [-0.25, -0.2) is 0 Å². The van der Waals surface area contributed by atoms with E-state index in [0.717, 1.165) is 35.8 Å². The molecule has 0 saturated heterocycles. The van der Waals surface area contributed by atoms with E-state index in [1.165, 1.54) is 5.69 Å². The van der Waals surface area contributed by atoms with Gasteiger partial charge in [-0.05, 0) is 17.8 Å². The zero-order chi connectivity index (χ0) is 20.8. The second-order valence-corrected chi connectivity index (χ2v) is 8.32. The molecule has 2 aliphatic carbocycles. The van der Waals surface area contributed by atoms with E-state index >= 15 is 0 Å². The minimum atomic E-state index is -0.208. The molecule has 2 aliphatic rings. The number of nitrogens with zero attached hydrogens (tertiary/aromatic N) is 5. The van der Waals surface area contributed by atoms with Crippen molar-refractivity contribution < 1.29 is 4.68 Å². The van der Waals surface area contributed by atoms with E-state index < -0.39 is 0 Å². The van der Waals surface area contributed by atoms with E-state index in [1.54, 1.807) is 0 Å². The molecule has 1 N–H and O–H groups in total. The number of rotatable bonds is 6. The van der Waals surface area contributed by atoms with Gasteiger partial charge in [0.05, 0.1) is 24.9 Å². The number of fused-ring (bicyclic) bond motifs is 1. The summed E-state index contributed by atoms with van der Waals surface area (Å²) in [5.74, 6) is 1.81. The van der Waals surface area contributed by atoms with Crippen molar-refractivity contribution >= 4 is 17.1 Å². The highest BCUT2D eigenvalue weighted by molar-refractivity contribution is 5.76. The molecule has 0 bridgehead atoms. The van der Waals surface area contributed by atoms with Gasteiger partial charge in [-0.3, -0.25) is 9.91 Å². The van der Waals surface area contributed by atoms with Gasteiger partial charge in [0.2, 0.25) is 0 Å². The van der Waals surface area contributed by atoms with E-state index in [1.807, 2.05) is 19.0 Å². The second-order valence-electron chi connectivity index (χ2n) is 8.32. The van der Waals surface area contributed by atoms with Gasteiger partial charge in [-0.2, -0.15) is 4.98 Å². The summed E-state index contributed by atoms with van der Waals surface area (Å²) in [6.45, 7) is 4.43. The summed E-state index contributed by atoms with van der Waals surface area (Å²) in [6.07, 6.45) is 19.4. The van der Waals surface area contributed by atoms with Crippen molar-refractivity contribution in [1.29, 1.82) is 0 Å². The van der Waals surface area contributed by atoms with Crippen LogP contribution in [0.25, 0.3) is 11.2 Å². The van der Waals surface area contributed by atoms with Gasteiger partial charge in [0.25, 0.3) is 5.65 Å². The Hall–Kier alpha value is -2.89. The average Bonchev–Trinajstić information content (AvgIpc) is 3.45. The third kappa shape index (κ3) is 2.81. The number of allylic oxidation sites excluding steroid dienone is 8. The minimum absolute atomic E-state index is 0.195. The first-order valence-electron chi connectivity index (χ1n) is 10.3. The molecule has 0 radical (unpaired) electrons. The van der Waals surface area contributed by atoms with Crippen LogP contribution in [0.2, 0.25) is 0 Å². The van der Waals surface area contributed by atoms with Gasteiger partial charge in [0, 0.05) is 14.1 Å². The fourth-order valence-corrected chi connectivity index (χ4v) is 4.42. The Bertz CT molecular complexity index is 1030. The highest BCUT2D eigenvalue weighted by Crippen LogP contribution is 2.39. The number of imidazole rings is 1. The molecule has 6 nitrogen and oxygen atoms in total. The Balaban J connectivity index is 2.10. The van der Waals surface area contributed by atoms with Crippen LogP contribution in [-0.4, -0.2) is 43.1 Å². The molecule has 0 unspecified atom stereocenters. The largest absolute Gasteiger partial charge is 0.418 e. The van der Waals surface area contributed by atoms with Crippen LogP contribution < -0.4 is 14.6 Å². The third-order valence-corrected chi connectivity index (χ3v) is 6.18. The molecular weight excluding hydrogens is 360 g/mol. The van der Waals surface area contributed by atoms with Gasteiger partial charge >= 0.3 is 5.95 Å². The fourth-order valence-electron chi connectivity index (χ4n) is 4.42. The van der Waals surface area contributed by atoms with Crippen LogP contribution in [0.1, 0.15) is 38.2 Å². The predicted octanol–water partition coefficient (Wildman–Crippen LogP) is 3.06. The summed E-state index contributed by atoms with van der Waals surface area (Å²) in [7, 11) is 8.17. The van der Waals surface area contributed by atoms with Crippen LogP contribution in [0, 0.1) is 0 Å². The van der Waals surface area contributed by atoms with Crippen molar-refractivity contribution in [1.82, 2.24) is 15.0 Å². The topological polar surface area (TPSA) is 51.9 Å². The number of anilines is 1. The molecule has 0 atom stereocenters. The summed E-state index contributed by atoms with van der Waals surface area (Å²) < 4.78 is 2.20. The molecule has 4 rings (SSSR count). The van der Waals surface area contributed by atoms with Crippen LogP contribution >= 0.6 is 0 Å². The standard InChI is InChI=1S/C23H30N6/c1-7-22(13-9-10-14-22)18-17-19(26-21(27(3)4)29(18)28(5)6)25-20(24-17)23(8-2)15-11-12-16-23/h9-16H,7-8H2,1-6H3/p+1. The molecule has 0 saturated carbocycles. The zero-order valence-electron chi connectivity index (χ0n) is 18.3. The first kappa shape index (κ1) is 19.4. The van der Waals surface area contributed by atoms with Gasteiger partial charge in [0.1, 0.15) is 17.0 Å². The quantitative estimate of drug-likeness (QED) is 0.769. The summed E-state index contributed by atoms with van der Waals surface area (Å²) in [5, 5.41) is 2.10. The normalized spacial score (nSPS) is 18.3. The van der Waals surface area contributed by atoms with Crippen molar-refractivity contribution in [2.75, 3.05) is 38.1 Å². The van der Waals surface area contributed by atoms with E-state index in [-0.39, 0.29) is 10.8 Å². The van der Waals surface area contributed by atoms with Crippen molar-refractivity contribution in [3.63, 3.8) is 0 Å². The van der Waals surface area contributed by atoms with E-state index in [9.17, 15) is 0 Å². The molecule has 152 valence electrons. The summed E-state index contributed by atoms with van der Waals surface area (Å²) >= 11 is 0. The Morgan fingerprint density at radius 3 is 1.90 bits per heavy atom. The highest BCUT2D eigenvalue weighted by Gasteiger charge is 2.41. The molecule has 0 fully saturated rings. The lowest BCUT2D eigenvalue weighted by Gasteiger charge is -2.29. The smallest absolute Gasteiger partial charge is 0.336 e. The Kier molecular flexibility index (Phi) is 4.60. The minimum Gasteiger partial charge on any atom is -0.336 e. The number of nitrogens with one attached hydrogen (secondary N) is 1. The fraction of sp³-hybridized carbons (Fsp3) is 0.435. The molecule has 0 amide bonds. The van der Waals surface area contributed by atoms with Gasteiger partial charge in [-0.15, -0.1) is 4.68 Å². The first-order valence-corrected chi connectivity index (χ1v) is 10.3. The molecule has 6 heteroatoms. The maximum Gasteiger partial charge on any atom is 0.418 e. The van der Waals surface area contributed by atoms with Crippen LogP contribution in [0.5, 0.6) is 0 Å². The number of hydrogen-bond donors (Lipinski definition) is 1. The highest BCUT2D eigenvalue weighted by atomic mass is 15.6. The van der Waals surface area contributed by atoms with Gasteiger partial charge in [-0.1, -0.05) is 62.5 Å². The third-order valence-electron chi connectivity index (χ3n) is 6.18. The number of aromatic amines is 1. The van der Waals surface area contributed by atoms with Crippen LogP contribution in [0.15, 0.2) is 48.6 Å². The summed E-state index contributed by atoms with van der Waals surface area (Å²) in [4.78, 5) is 15.7. The number of H-pyrrole nitrogens is 1. The van der Waals surface area contributed by atoms with Crippen molar-refractivity contribution in [3.05, 3.63) is 60.1 Å². The Morgan fingerprint density at radius 2 is 1.41 bits per heavy atom. The lowest BCUT2D eigenvalue weighted by atomic mass is 9.82. The molecule has 2 aromatic heterocycles. The average molecular weight is 392 g/mol. The molecule has 0 spiro atoms. The molecule has 2 heterocycles. The molecular formula is C23H31N6+. The lowest BCUT2D eigenvalue weighted by Crippen LogP contribution is -2.61. The van der Waals surface area contributed by atoms with Crippen molar-refractivity contribution in [2.45, 2.75) is 37.5 Å². The Morgan fingerprint density at radius 1 is 0.862 bits per heavy atom. The lowest BCUT2D eigenvalue weighted by molar-refractivity contribution is -0.685. The predicted molar refractivity (Wildman–Crippen MR) is 119 cm³/mol. The number of aromatic nitrogens is 4. The van der Waals surface area contributed by atoms with E-state index in [2.05, 4.69) is 91.2 Å². The van der Waals surface area contributed by atoms with Crippen LogP contribution in [0.4, 0.5) is 5.95 Å². The van der Waals surface area contributed by atoms with Gasteiger partial charge < -0.3 is 4.98 Å². The zero-order valence-corrected chi connectivity index (χ0v) is 18.3. The van der Waals surface area contributed by atoms with Crippen molar-refractivity contribution in [2.24, 2.45) is 0 Å².